The molecule has 2 aromatic rings. The first-order valence-corrected chi connectivity index (χ1v) is 5.53. The van der Waals surface area contributed by atoms with Crippen molar-refractivity contribution in [1.82, 2.24) is 15.7 Å². The maximum Gasteiger partial charge on any atom is 0.295 e. The fourth-order valence-corrected chi connectivity index (χ4v) is 1.46. The van der Waals surface area contributed by atoms with E-state index >= 15 is 0 Å². The lowest BCUT2D eigenvalue weighted by molar-refractivity contribution is 0.0206. The molecule has 90 valence electrons. The van der Waals surface area contributed by atoms with Crippen LogP contribution in [0.5, 0.6) is 0 Å². The number of amides is 1. The first-order valence-electron chi connectivity index (χ1n) is 5.53. The van der Waals surface area contributed by atoms with Gasteiger partial charge in [-0.05, 0) is 12.0 Å². The van der Waals surface area contributed by atoms with Crippen LogP contribution in [0, 0.1) is 5.92 Å². The van der Waals surface area contributed by atoms with E-state index in [0.717, 1.165) is 10.9 Å². The quantitative estimate of drug-likeness (QED) is 0.792. The lowest BCUT2D eigenvalue weighted by Gasteiger charge is -2.06. The molecule has 0 aliphatic rings. The van der Waals surface area contributed by atoms with Crippen LogP contribution in [0.2, 0.25) is 0 Å². The van der Waals surface area contributed by atoms with E-state index in [1.54, 1.807) is 0 Å². The Kier molecular flexibility index (Phi) is 3.39. The number of hydroxylamine groups is 1. The number of H-pyrrole nitrogens is 1. The van der Waals surface area contributed by atoms with E-state index in [4.69, 9.17) is 4.84 Å². The second-order valence-electron chi connectivity index (χ2n) is 4.25. The maximum absolute atomic E-state index is 11.8. The van der Waals surface area contributed by atoms with Crippen LogP contribution in [0.3, 0.4) is 0 Å². The molecule has 17 heavy (non-hydrogen) atoms. The Hall–Kier alpha value is -1.88. The number of hydrogen-bond donors (Lipinski definition) is 2. The Bertz CT molecular complexity index is 519. The summed E-state index contributed by atoms with van der Waals surface area (Å²) in [6, 6.07) is 7.46. The summed E-state index contributed by atoms with van der Waals surface area (Å²) in [7, 11) is 0. The number of aromatic amines is 1. The van der Waals surface area contributed by atoms with Crippen molar-refractivity contribution in [1.29, 1.82) is 0 Å². The molecule has 0 radical (unpaired) electrons. The molecular formula is C12H15N3O2. The molecule has 2 N–H and O–H groups in total. The van der Waals surface area contributed by atoms with Gasteiger partial charge in [0.15, 0.2) is 5.69 Å². The van der Waals surface area contributed by atoms with E-state index in [1.165, 1.54) is 0 Å². The minimum atomic E-state index is -0.330. The third-order valence-electron chi connectivity index (χ3n) is 2.27. The van der Waals surface area contributed by atoms with E-state index in [2.05, 4.69) is 15.7 Å². The molecule has 0 aliphatic carbocycles. The SMILES string of the molecule is CC(C)CONC(=O)c1n[nH]c2ccccc12. The molecular weight excluding hydrogens is 218 g/mol. The number of nitrogens with zero attached hydrogens (tertiary/aromatic N) is 1. The van der Waals surface area contributed by atoms with Crippen molar-refractivity contribution in [2.45, 2.75) is 13.8 Å². The lowest BCUT2D eigenvalue weighted by atomic mass is 10.2. The smallest absolute Gasteiger partial charge is 0.277 e. The summed E-state index contributed by atoms with van der Waals surface area (Å²) < 4.78 is 0. The lowest BCUT2D eigenvalue weighted by Crippen LogP contribution is -2.26. The summed E-state index contributed by atoms with van der Waals surface area (Å²) >= 11 is 0. The molecule has 2 rings (SSSR count). The molecule has 0 saturated carbocycles. The van der Waals surface area contributed by atoms with E-state index in [1.807, 2.05) is 38.1 Å². The molecule has 0 bridgehead atoms. The molecule has 1 heterocycles. The number of rotatable bonds is 4. The van der Waals surface area contributed by atoms with Gasteiger partial charge in [0.1, 0.15) is 0 Å². The summed E-state index contributed by atoms with van der Waals surface area (Å²) in [6.45, 7) is 4.50. The van der Waals surface area contributed by atoms with E-state index in [-0.39, 0.29) is 5.91 Å². The minimum absolute atomic E-state index is 0.330. The van der Waals surface area contributed by atoms with Crippen LogP contribution in [0.15, 0.2) is 24.3 Å². The zero-order chi connectivity index (χ0) is 12.3. The van der Waals surface area contributed by atoms with Crippen LogP contribution in [-0.4, -0.2) is 22.7 Å². The fourth-order valence-electron chi connectivity index (χ4n) is 1.46. The van der Waals surface area contributed by atoms with Crippen molar-refractivity contribution in [3.05, 3.63) is 30.0 Å². The van der Waals surface area contributed by atoms with E-state index < -0.39 is 0 Å². The number of aromatic nitrogens is 2. The number of para-hydroxylation sites is 1. The van der Waals surface area contributed by atoms with Crippen molar-refractivity contribution in [3.8, 4) is 0 Å². The molecule has 0 unspecified atom stereocenters. The van der Waals surface area contributed by atoms with Gasteiger partial charge in [0.25, 0.3) is 5.91 Å². The summed E-state index contributed by atoms with van der Waals surface area (Å²) in [5.74, 6) is 0.0364. The summed E-state index contributed by atoms with van der Waals surface area (Å²) in [4.78, 5) is 16.9. The molecule has 0 atom stereocenters. The highest BCUT2D eigenvalue weighted by molar-refractivity contribution is 6.04. The highest BCUT2D eigenvalue weighted by Crippen LogP contribution is 2.14. The summed E-state index contributed by atoms with van der Waals surface area (Å²) in [5, 5.41) is 7.57. The Labute approximate surface area is 99.1 Å². The van der Waals surface area contributed by atoms with Gasteiger partial charge in [-0.15, -0.1) is 0 Å². The fraction of sp³-hybridized carbons (Fsp3) is 0.333. The highest BCUT2D eigenvalue weighted by Gasteiger charge is 2.13. The third-order valence-corrected chi connectivity index (χ3v) is 2.27. The molecule has 1 aromatic heterocycles. The van der Waals surface area contributed by atoms with Gasteiger partial charge in [0, 0.05) is 5.39 Å². The molecule has 0 spiro atoms. The molecule has 0 saturated heterocycles. The topological polar surface area (TPSA) is 67.0 Å². The Balaban J connectivity index is 2.09. The Morgan fingerprint density at radius 3 is 3.00 bits per heavy atom. The predicted molar refractivity (Wildman–Crippen MR) is 64.3 cm³/mol. The van der Waals surface area contributed by atoms with Crippen molar-refractivity contribution in [2.24, 2.45) is 5.92 Å². The summed E-state index contributed by atoms with van der Waals surface area (Å²) in [6.07, 6.45) is 0. The molecule has 0 aliphatic heterocycles. The van der Waals surface area contributed by atoms with Crippen molar-refractivity contribution in [3.63, 3.8) is 0 Å². The molecule has 1 aromatic carbocycles. The van der Waals surface area contributed by atoms with E-state index in [0.29, 0.717) is 18.2 Å². The third kappa shape index (κ3) is 2.62. The average Bonchev–Trinajstić information content (AvgIpc) is 2.72. The number of benzene rings is 1. The standard InChI is InChI=1S/C12H15N3O2/c1-8(2)7-17-15-12(16)11-9-5-3-4-6-10(9)13-14-11/h3-6,8H,7H2,1-2H3,(H,13,14)(H,15,16). The monoisotopic (exact) mass is 233 g/mol. The molecule has 0 fully saturated rings. The van der Waals surface area contributed by atoms with Gasteiger partial charge in [0.05, 0.1) is 12.1 Å². The molecule has 5 heteroatoms. The normalized spacial score (nSPS) is 11.0. The van der Waals surface area contributed by atoms with Crippen molar-refractivity contribution < 1.29 is 9.63 Å². The van der Waals surface area contributed by atoms with Crippen LogP contribution in [0.4, 0.5) is 0 Å². The largest absolute Gasteiger partial charge is 0.295 e. The van der Waals surface area contributed by atoms with Gasteiger partial charge < -0.3 is 0 Å². The molecule has 5 nitrogen and oxygen atoms in total. The second kappa shape index (κ2) is 4.97. The van der Waals surface area contributed by atoms with Crippen LogP contribution in [0.25, 0.3) is 10.9 Å². The van der Waals surface area contributed by atoms with Crippen molar-refractivity contribution >= 4 is 16.8 Å². The first-order chi connectivity index (χ1) is 8.18. The van der Waals surface area contributed by atoms with Gasteiger partial charge in [0.2, 0.25) is 0 Å². The zero-order valence-corrected chi connectivity index (χ0v) is 9.86. The first kappa shape index (κ1) is 11.6. The highest BCUT2D eigenvalue weighted by atomic mass is 16.6. The van der Waals surface area contributed by atoms with E-state index in [9.17, 15) is 4.79 Å². The van der Waals surface area contributed by atoms with Gasteiger partial charge >= 0.3 is 0 Å². The Morgan fingerprint density at radius 2 is 2.24 bits per heavy atom. The number of fused-ring (bicyclic) bond motifs is 1. The summed E-state index contributed by atoms with van der Waals surface area (Å²) in [5.41, 5.74) is 3.57. The predicted octanol–water partition coefficient (Wildman–Crippen LogP) is 1.88. The number of nitrogens with one attached hydrogen (secondary N) is 2. The Morgan fingerprint density at radius 1 is 1.47 bits per heavy atom. The van der Waals surface area contributed by atoms with Gasteiger partial charge in [-0.3, -0.25) is 14.7 Å². The maximum atomic E-state index is 11.8. The zero-order valence-electron chi connectivity index (χ0n) is 9.86. The number of carbonyl (C=O) groups excluding carboxylic acids is 1. The van der Waals surface area contributed by atoms with Crippen molar-refractivity contribution in [2.75, 3.05) is 6.61 Å². The van der Waals surface area contributed by atoms with Gasteiger partial charge in [-0.2, -0.15) is 5.10 Å². The van der Waals surface area contributed by atoms with Crippen LogP contribution in [0.1, 0.15) is 24.3 Å². The van der Waals surface area contributed by atoms with Crippen LogP contribution in [-0.2, 0) is 4.84 Å². The second-order valence-corrected chi connectivity index (χ2v) is 4.25. The van der Waals surface area contributed by atoms with Gasteiger partial charge in [-0.25, -0.2) is 5.48 Å². The van der Waals surface area contributed by atoms with Crippen LogP contribution < -0.4 is 5.48 Å². The minimum Gasteiger partial charge on any atom is -0.277 e. The van der Waals surface area contributed by atoms with Crippen LogP contribution >= 0.6 is 0 Å². The number of carbonyl (C=O) groups is 1. The average molecular weight is 233 g/mol. The molecule has 1 amide bonds. The number of hydrogen-bond acceptors (Lipinski definition) is 3. The van der Waals surface area contributed by atoms with Gasteiger partial charge in [-0.1, -0.05) is 32.0 Å².